The summed E-state index contributed by atoms with van der Waals surface area (Å²) >= 11 is 6.34. The molecule has 1 unspecified atom stereocenters. The minimum absolute atomic E-state index is 0.293. The van der Waals surface area contributed by atoms with Gasteiger partial charge in [0.05, 0.1) is 22.8 Å². The van der Waals surface area contributed by atoms with Crippen LogP contribution in [0.5, 0.6) is 0 Å². The number of aromatic amines is 2. The van der Waals surface area contributed by atoms with Crippen LogP contribution >= 0.6 is 11.6 Å². The van der Waals surface area contributed by atoms with Crippen molar-refractivity contribution in [3.05, 3.63) is 70.1 Å². The van der Waals surface area contributed by atoms with Crippen molar-refractivity contribution in [2.24, 2.45) is 0 Å². The first-order valence-corrected chi connectivity index (χ1v) is 10.0. The zero-order valence-electron chi connectivity index (χ0n) is 16.6. The van der Waals surface area contributed by atoms with Crippen LogP contribution in [0.2, 0.25) is 5.02 Å². The van der Waals surface area contributed by atoms with Crippen LogP contribution in [0.25, 0.3) is 33.5 Å². The Morgan fingerprint density at radius 2 is 1.69 bits per heavy atom. The van der Waals surface area contributed by atoms with Crippen molar-refractivity contribution in [1.82, 2.24) is 15.0 Å². The lowest BCUT2D eigenvalue weighted by Crippen LogP contribution is -2.24. The zero-order valence-corrected chi connectivity index (χ0v) is 17.4. The molecule has 0 bridgehead atoms. The number of imidazole rings is 1. The number of hydrogen-bond acceptors (Lipinski definition) is 6. The lowest BCUT2D eigenvalue weighted by Gasteiger charge is -2.10. The summed E-state index contributed by atoms with van der Waals surface area (Å²) in [5.74, 6) is 0. The summed E-state index contributed by atoms with van der Waals surface area (Å²) in [6.07, 6.45) is -1.83. The second kappa shape index (κ2) is 9.23. The van der Waals surface area contributed by atoms with Crippen LogP contribution in [-0.2, 0) is 4.74 Å². The quantitative estimate of drug-likeness (QED) is 0.303. The maximum Gasteiger partial charge on any atom is 0.411 e. The number of aromatic nitrogens is 3. The van der Waals surface area contributed by atoms with E-state index < -0.39 is 18.8 Å². The average Bonchev–Trinajstić information content (AvgIpc) is 3.16. The maximum atomic E-state index is 11.7. The number of carbonyl (C=O) groups is 1. The largest absolute Gasteiger partial charge is 0.446 e. The molecule has 2 aromatic heterocycles. The fourth-order valence-electron chi connectivity index (χ4n) is 3.09. The van der Waals surface area contributed by atoms with Crippen LogP contribution in [0.4, 0.5) is 10.5 Å². The van der Waals surface area contributed by atoms with Crippen LogP contribution in [0.1, 0.15) is 0 Å². The Kier molecular flexibility index (Phi) is 6.22. The molecule has 4 aromatic rings. The molecular weight excluding hydrogens is 436 g/mol. The molecule has 0 aliphatic carbocycles. The lowest BCUT2D eigenvalue weighted by molar-refractivity contribution is 0.0362. The lowest BCUT2D eigenvalue weighted by atomic mass is 10.0. The molecule has 0 fully saturated rings. The fourth-order valence-corrected chi connectivity index (χ4v) is 3.35. The molecule has 10 heteroatoms. The second-order valence-electron chi connectivity index (χ2n) is 7.01. The van der Waals surface area contributed by atoms with Crippen LogP contribution in [0, 0.1) is 0 Å². The molecule has 164 valence electrons. The Labute approximate surface area is 186 Å². The monoisotopic (exact) mass is 454 g/mol. The van der Waals surface area contributed by atoms with Crippen LogP contribution < -0.4 is 11.0 Å². The van der Waals surface area contributed by atoms with Crippen molar-refractivity contribution < 1.29 is 19.7 Å². The molecule has 0 aliphatic rings. The summed E-state index contributed by atoms with van der Waals surface area (Å²) in [5.41, 5.74) is 4.40. The maximum absolute atomic E-state index is 11.7. The number of amides is 1. The summed E-state index contributed by atoms with van der Waals surface area (Å²) in [5, 5.41) is 20.9. The van der Waals surface area contributed by atoms with E-state index in [2.05, 4.69) is 20.3 Å². The number of halogens is 1. The van der Waals surface area contributed by atoms with E-state index >= 15 is 0 Å². The number of benzene rings is 2. The second-order valence-corrected chi connectivity index (χ2v) is 7.42. The third-order valence-corrected chi connectivity index (χ3v) is 4.98. The van der Waals surface area contributed by atoms with Gasteiger partial charge >= 0.3 is 11.8 Å². The van der Waals surface area contributed by atoms with Crippen LogP contribution in [0.15, 0.2) is 59.4 Å². The third kappa shape index (κ3) is 4.80. The van der Waals surface area contributed by atoms with Gasteiger partial charge in [-0.05, 0) is 29.3 Å². The minimum Gasteiger partial charge on any atom is -0.446 e. The van der Waals surface area contributed by atoms with Gasteiger partial charge in [-0.2, -0.15) is 0 Å². The predicted octanol–water partition coefficient (Wildman–Crippen LogP) is 3.14. The van der Waals surface area contributed by atoms with E-state index in [-0.39, 0.29) is 12.3 Å². The number of fused-ring (bicyclic) bond motifs is 1. The Bertz CT molecular complexity index is 1300. The van der Waals surface area contributed by atoms with Gasteiger partial charge in [-0.25, -0.2) is 14.6 Å². The summed E-state index contributed by atoms with van der Waals surface area (Å²) < 4.78 is 4.81. The van der Waals surface area contributed by atoms with Gasteiger partial charge in [-0.15, -0.1) is 0 Å². The molecule has 2 heterocycles. The first kappa shape index (κ1) is 21.6. The number of carbonyl (C=O) groups excluding carboxylic acids is 1. The highest BCUT2D eigenvalue weighted by molar-refractivity contribution is 6.33. The molecule has 0 radical (unpaired) electrons. The van der Waals surface area contributed by atoms with Gasteiger partial charge in [0, 0.05) is 11.3 Å². The Morgan fingerprint density at radius 1 is 1.06 bits per heavy atom. The molecule has 2 aromatic carbocycles. The highest BCUT2D eigenvalue weighted by Crippen LogP contribution is 2.30. The molecular formula is C22H19ClN4O5. The van der Waals surface area contributed by atoms with E-state index in [4.69, 9.17) is 21.4 Å². The van der Waals surface area contributed by atoms with Gasteiger partial charge in [0.2, 0.25) is 0 Å². The fraction of sp³-hybridized carbons (Fsp3) is 0.136. The minimum atomic E-state index is -1.11. The molecule has 9 nitrogen and oxygen atoms in total. The average molecular weight is 455 g/mol. The van der Waals surface area contributed by atoms with Gasteiger partial charge in [-0.1, -0.05) is 48.0 Å². The zero-order chi connectivity index (χ0) is 22.7. The number of H-pyrrole nitrogens is 2. The van der Waals surface area contributed by atoms with Crippen molar-refractivity contribution in [2.75, 3.05) is 18.5 Å². The predicted molar refractivity (Wildman–Crippen MR) is 121 cm³/mol. The molecule has 32 heavy (non-hydrogen) atoms. The number of nitrogens with zero attached hydrogens (tertiary/aromatic N) is 1. The standard InChI is InChI=1S/C22H19ClN4O5/c23-17-9-18-20(27-21(30)25-18)26-19(17)14-3-1-12(2-4-14)13-5-7-15(8-6-13)24-22(31)32-11-16(29)10-28/h1-9,16,28-29H,10-11H2,(H,24,31)(H2,25,26,27,30). The SMILES string of the molecule is O=C(Nc1ccc(-c2ccc(-c3nc4[nH]c(=O)[nH]c4cc3Cl)cc2)cc1)OCC(O)CO. The summed E-state index contributed by atoms with van der Waals surface area (Å²) in [6.45, 7) is -0.776. The highest BCUT2D eigenvalue weighted by Gasteiger charge is 2.11. The first-order chi connectivity index (χ1) is 15.4. The number of pyridine rings is 1. The first-order valence-electron chi connectivity index (χ1n) is 9.65. The van der Waals surface area contributed by atoms with Gasteiger partial charge < -0.3 is 19.9 Å². The molecule has 0 saturated heterocycles. The van der Waals surface area contributed by atoms with E-state index in [1.807, 2.05) is 36.4 Å². The third-order valence-electron chi connectivity index (χ3n) is 4.70. The van der Waals surface area contributed by atoms with Crippen LogP contribution in [0.3, 0.4) is 0 Å². The Hall–Kier alpha value is -3.66. The molecule has 1 atom stereocenters. The summed E-state index contributed by atoms with van der Waals surface area (Å²) in [7, 11) is 0. The van der Waals surface area contributed by atoms with Gasteiger partial charge in [-0.3, -0.25) is 10.3 Å². The molecule has 0 saturated carbocycles. The van der Waals surface area contributed by atoms with Gasteiger partial charge in [0.15, 0.2) is 5.65 Å². The number of hydrogen-bond donors (Lipinski definition) is 5. The van der Waals surface area contributed by atoms with Crippen LogP contribution in [-0.4, -0.2) is 50.6 Å². The van der Waals surface area contributed by atoms with E-state index in [1.54, 1.807) is 18.2 Å². The van der Waals surface area contributed by atoms with E-state index in [1.165, 1.54) is 0 Å². The molecule has 5 N–H and O–H groups in total. The Morgan fingerprint density at radius 3 is 2.34 bits per heavy atom. The van der Waals surface area contributed by atoms with Crippen molar-refractivity contribution >= 4 is 34.5 Å². The smallest absolute Gasteiger partial charge is 0.411 e. The van der Waals surface area contributed by atoms with E-state index in [9.17, 15) is 14.7 Å². The van der Waals surface area contributed by atoms with Crippen molar-refractivity contribution in [2.45, 2.75) is 6.10 Å². The van der Waals surface area contributed by atoms with Crippen molar-refractivity contribution in [3.8, 4) is 22.4 Å². The van der Waals surface area contributed by atoms with Crippen molar-refractivity contribution in [3.63, 3.8) is 0 Å². The van der Waals surface area contributed by atoms with Gasteiger partial charge in [0.1, 0.15) is 12.7 Å². The number of ether oxygens (including phenoxy) is 1. The number of aliphatic hydroxyl groups excluding tert-OH is 2. The number of nitrogens with one attached hydrogen (secondary N) is 3. The summed E-state index contributed by atoms with van der Waals surface area (Å²) in [4.78, 5) is 32.9. The topological polar surface area (TPSA) is 140 Å². The number of anilines is 1. The van der Waals surface area contributed by atoms with E-state index in [0.717, 1.165) is 16.7 Å². The van der Waals surface area contributed by atoms with Gasteiger partial charge in [0.25, 0.3) is 0 Å². The van der Waals surface area contributed by atoms with E-state index in [0.29, 0.717) is 27.6 Å². The Balaban J connectivity index is 1.47. The molecule has 4 rings (SSSR count). The summed E-state index contributed by atoms with van der Waals surface area (Å²) in [6, 6.07) is 16.4. The van der Waals surface area contributed by atoms with Crippen molar-refractivity contribution in [1.29, 1.82) is 0 Å². The number of aliphatic hydroxyl groups is 2. The molecule has 0 aliphatic heterocycles. The molecule has 0 spiro atoms. The highest BCUT2D eigenvalue weighted by atomic mass is 35.5. The molecule has 1 amide bonds. The number of rotatable bonds is 6. The normalized spacial score (nSPS) is 12.0.